The van der Waals surface area contributed by atoms with Gasteiger partial charge < -0.3 is 18.8 Å². The lowest BCUT2D eigenvalue weighted by molar-refractivity contribution is -0.0363. The molecule has 209 valence electrons. The zero-order chi connectivity index (χ0) is 26.8. The predicted octanol–water partition coefficient (Wildman–Crippen LogP) is 7.46. The SMILES string of the molecule is CCCCCCCCCCCCN1CC(C(C)Oc2ccccc2)O[B]OC(C(C)Oc2ccccc2)C1. The summed E-state index contributed by atoms with van der Waals surface area (Å²) in [5.74, 6) is 1.71. The number of nitrogens with zero attached hydrogens (tertiary/aromatic N) is 1. The first kappa shape index (κ1) is 30.5. The molecule has 1 saturated heterocycles. The van der Waals surface area contributed by atoms with Gasteiger partial charge in [0.2, 0.25) is 0 Å². The van der Waals surface area contributed by atoms with E-state index in [4.69, 9.17) is 18.8 Å². The summed E-state index contributed by atoms with van der Waals surface area (Å²) in [6.07, 6.45) is 12.9. The minimum atomic E-state index is -0.121. The third-order valence-corrected chi connectivity index (χ3v) is 7.34. The van der Waals surface area contributed by atoms with Crippen LogP contribution in [0.1, 0.15) is 85.0 Å². The number of para-hydroxylation sites is 2. The molecule has 4 unspecified atom stereocenters. The molecule has 0 amide bonds. The molecular formula is C32H49BNO4. The summed E-state index contributed by atoms with van der Waals surface area (Å²) in [5, 5.41) is 0. The van der Waals surface area contributed by atoms with Crippen LogP contribution in [0, 0.1) is 0 Å². The quantitative estimate of drug-likeness (QED) is 0.159. The van der Waals surface area contributed by atoms with Crippen LogP contribution in [0.4, 0.5) is 0 Å². The molecule has 4 atom stereocenters. The van der Waals surface area contributed by atoms with E-state index in [1.54, 1.807) is 0 Å². The standard InChI is InChI=1S/C32H49BNO4/c1-4-5-6-7-8-9-10-11-12-19-24-34-25-31(27(2)35-29-20-15-13-16-21-29)37-33-38-32(26-34)28(3)36-30-22-17-14-18-23-30/h13-18,20-23,27-28,31-32H,4-12,19,24-26H2,1-3H3. The van der Waals surface area contributed by atoms with Crippen molar-refractivity contribution in [3.8, 4) is 11.5 Å². The topological polar surface area (TPSA) is 40.2 Å². The Morgan fingerprint density at radius 2 is 1.11 bits per heavy atom. The normalized spacial score (nSPS) is 20.1. The third-order valence-electron chi connectivity index (χ3n) is 7.34. The van der Waals surface area contributed by atoms with Gasteiger partial charge in [0.15, 0.2) is 0 Å². The van der Waals surface area contributed by atoms with Gasteiger partial charge in [-0.05, 0) is 51.1 Å². The van der Waals surface area contributed by atoms with Crippen molar-refractivity contribution in [1.29, 1.82) is 0 Å². The van der Waals surface area contributed by atoms with Crippen molar-refractivity contribution in [2.45, 2.75) is 109 Å². The Labute approximate surface area is 232 Å². The first-order valence-corrected chi connectivity index (χ1v) is 14.9. The molecular weight excluding hydrogens is 473 g/mol. The van der Waals surface area contributed by atoms with Gasteiger partial charge in [0.05, 0.1) is 12.2 Å². The number of hydrogen-bond acceptors (Lipinski definition) is 5. The first-order chi connectivity index (χ1) is 18.7. The molecule has 5 nitrogen and oxygen atoms in total. The summed E-state index contributed by atoms with van der Waals surface area (Å²) in [5.41, 5.74) is 0. The van der Waals surface area contributed by atoms with Crippen LogP contribution in [-0.2, 0) is 9.31 Å². The molecule has 2 aromatic carbocycles. The van der Waals surface area contributed by atoms with E-state index in [0.717, 1.165) is 31.1 Å². The highest BCUT2D eigenvalue weighted by Gasteiger charge is 2.31. The Morgan fingerprint density at radius 1 is 0.684 bits per heavy atom. The lowest BCUT2D eigenvalue weighted by atomic mass is 10.1. The van der Waals surface area contributed by atoms with E-state index in [1.165, 1.54) is 71.9 Å². The summed E-state index contributed by atoms with van der Waals surface area (Å²) in [6, 6.07) is 19.9. The largest absolute Gasteiger partial charge is 0.488 e. The highest BCUT2D eigenvalue weighted by atomic mass is 16.6. The van der Waals surface area contributed by atoms with Gasteiger partial charge in [-0.1, -0.05) is 101 Å². The summed E-state index contributed by atoms with van der Waals surface area (Å²) < 4.78 is 24.6. The average molecular weight is 523 g/mol. The number of ether oxygens (including phenoxy) is 2. The van der Waals surface area contributed by atoms with Crippen molar-refractivity contribution < 1.29 is 18.8 Å². The fourth-order valence-corrected chi connectivity index (χ4v) is 4.95. The van der Waals surface area contributed by atoms with Crippen molar-refractivity contribution in [1.82, 2.24) is 4.90 Å². The summed E-state index contributed by atoms with van der Waals surface area (Å²) in [6.45, 7) is 9.03. The molecule has 1 aliphatic heterocycles. The van der Waals surface area contributed by atoms with Crippen LogP contribution in [0.25, 0.3) is 0 Å². The number of hydrogen-bond donors (Lipinski definition) is 0. The zero-order valence-electron chi connectivity index (χ0n) is 23.9. The fourth-order valence-electron chi connectivity index (χ4n) is 4.95. The first-order valence-electron chi connectivity index (χ1n) is 14.9. The van der Waals surface area contributed by atoms with Crippen LogP contribution in [0.5, 0.6) is 11.5 Å². The maximum atomic E-state index is 6.20. The number of rotatable bonds is 17. The van der Waals surface area contributed by atoms with Crippen LogP contribution >= 0.6 is 0 Å². The van der Waals surface area contributed by atoms with Crippen molar-refractivity contribution in [3.63, 3.8) is 0 Å². The average Bonchev–Trinajstić information content (AvgIpc) is 2.91. The van der Waals surface area contributed by atoms with Gasteiger partial charge in [-0.3, -0.25) is 4.90 Å². The minimum Gasteiger partial charge on any atom is -0.488 e. The molecule has 6 heteroatoms. The van der Waals surface area contributed by atoms with Crippen LogP contribution < -0.4 is 9.47 Å². The maximum Gasteiger partial charge on any atom is 0.488 e. The molecule has 0 aliphatic carbocycles. The molecule has 1 fully saturated rings. The molecule has 0 spiro atoms. The Bertz CT molecular complexity index is 782. The van der Waals surface area contributed by atoms with Crippen LogP contribution in [0.3, 0.4) is 0 Å². The van der Waals surface area contributed by atoms with E-state index in [-0.39, 0.29) is 24.4 Å². The zero-order valence-corrected chi connectivity index (χ0v) is 23.9. The van der Waals surface area contributed by atoms with E-state index in [2.05, 4.69) is 25.7 Å². The molecule has 0 aromatic heterocycles. The summed E-state index contributed by atoms with van der Waals surface area (Å²) >= 11 is 0. The molecule has 0 bridgehead atoms. The van der Waals surface area contributed by atoms with E-state index in [0.29, 0.717) is 0 Å². The molecule has 1 radical (unpaired) electrons. The number of benzene rings is 2. The van der Waals surface area contributed by atoms with Gasteiger partial charge in [0, 0.05) is 13.1 Å². The highest BCUT2D eigenvalue weighted by molar-refractivity contribution is 6.18. The smallest absolute Gasteiger partial charge is 0.488 e. The van der Waals surface area contributed by atoms with E-state index >= 15 is 0 Å². The van der Waals surface area contributed by atoms with E-state index in [9.17, 15) is 0 Å². The Balaban J connectivity index is 1.50. The van der Waals surface area contributed by atoms with Crippen molar-refractivity contribution in [3.05, 3.63) is 60.7 Å². The van der Waals surface area contributed by atoms with Gasteiger partial charge in [-0.2, -0.15) is 0 Å². The fraction of sp³-hybridized carbons (Fsp3) is 0.625. The Morgan fingerprint density at radius 3 is 1.55 bits per heavy atom. The van der Waals surface area contributed by atoms with Gasteiger partial charge in [0.1, 0.15) is 23.7 Å². The Kier molecular flexibility index (Phi) is 14.7. The van der Waals surface area contributed by atoms with E-state index < -0.39 is 0 Å². The molecule has 0 saturated carbocycles. The Hall–Kier alpha value is -2.02. The number of unbranched alkanes of at least 4 members (excludes halogenated alkanes) is 9. The third kappa shape index (κ3) is 11.8. The molecule has 3 rings (SSSR count). The van der Waals surface area contributed by atoms with E-state index in [1.807, 2.05) is 60.7 Å². The van der Waals surface area contributed by atoms with Gasteiger partial charge in [0.25, 0.3) is 0 Å². The van der Waals surface area contributed by atoms with Crippen LogP contribution in [-0.4, -0.2) is 56.6 Å². The monoisotopic (exact) mass is 522 g/mol. The lowest BCUT2D eigenvalue weighted by Gasteiger charge is -2.37. The molecule has 1 heterocycles. The second-order valence-electron chi connectivity index (χ2n) is 10.7. The highest BCUT2D eigenvalue weighted by Crippen LogP contribution is 2.20. The second kappa shape index (κ2) is 18.3. The van der Waals surface area contributed by atoms with Crippen molar-refractivity contribution in [2.24, 2.45) is 0 Å². The van der Waals surface area contributed by atoms with Gasteiger partial charge >= 0.3 is 7.69 Å². The van der Waals surface area contributed by atoms with Crippen LogP contribution in [0.2, 0.25) is 0 Å². The second-order valence-corrected chi connectivity index (χ2v) is 10.7. The summed E-state index contributed by atoms with van der Waals surface area (Å²) in [7, 11) is 1.50. The molecule has 2 aromatic rings. The van der Waals surface area contributed by atoms with Crippen LogP contribution in [0.15, 0.2) is 60.7 Å². The van der Waals surface area contributed by atoms with Gasteiger partial charge in [-0.15, -0.1) is 0 Å². The van der Waals surface area contributed by atoms with Gasteiger partial charge in [-0.25, -0.2) is 0 Å². The lowest BCUT2D eigenvalue weighted by Crippen LogP contribution is -2.51. The summed E-state index contributed by atoms with van der Waals surface area (Å²) in [4.78, 5) is 2.47. The van der Waals surface area contributed by atoms with Crippen molar-refractivity contribution in [2.75, 3.05) is 19.6 Å². The molecule has 38 heavy (non-hydrogen) atoms. The molecule has 0 N–H and O–H groups in total. The maximum absolute atomic E-state index is 6.20. The predicted molar refractivity (Wildman–Crippen MR) is 157 cm³/mol. The minimum absolute atomic E-state index is 0.109. The molecule has 1 aliphatic rings. The van der Waals surface area contributed by atoms with Crippen molar-refractivity contribution >= 4 is 7.69 Å².